The van der Waals surface area contributed by atoms with Crippen LogP contribution in [0.5, 0.6) is 0 Å². The summed E-state index contributed by atoms with van der Waals surface area (Å²) in [5, 5.41) is 18.2. The summed E-state index contributed by atoms with van der Waals surface area (Å²) < 4.78 is 0. The van der Waals surface area contributed by atoms with E-state index in [9.17, 15) is 9.59 Å². The molecule has 0 aromatic heterocycles. The van der Waals surface area contributed by atoms with Crippen LogP contribution in [0.25, 0.3) is 0 Å². The van der Waals surface area contributed by atoms with Gasteiger partial charge in [0.25, 0.3) is 0 Å². The number of hydrogen-bond donors (Lipinski definition) is 2. The summed E-state index contributed by atoms with van der Waals surface area (Å²) in [4.78, 5) is 22.2. The van der Waals surface area contributed by atoms with Crippen molar-refractivity contribution in [3.8, 4) is 0 Å². The molecule has 4 nitrogen and oxygen atoms in total. The molecule has 0 unspecified atom stereocenters. The molecule has 2 fully saturated rings. The number of allylic oxidation sites excluding steroid dienone is 2. The van der Waals surface area contributed by atoms with Gasteiger partial charge in [-0.1, -0.05) is 12.2 Å². The average Bonchev–Trinajstić information content (AvgIpc) is 2.81. The van der Waals surface area contributed by atoms with Gasteiger partial charge >= 0.3 is 11.9 Å². The van der Waals surface area contributed by atoms with Crippen LogP contribution in [0.4, 0.5) is 0 Å². The summed E-state index contributed by atoms with van der Waals surface area (Å²) >= 11 is 0. The highest BCUT2D eigenvalue weighted by molar-refractivity contribution is 5.83. The zero-order chi connectivity index (χ0) is 10.8. The van der Waals surface area contributed by atoms with Gasteiger partial charge in [-0.25, -0.2) is 0 Å². The van der Waals surface area contributed by atoms with Gasteiger partial charge in [0.2, 0.25) is 0 Å². The van der Waals surface area contributed by atoms with Crippen molar-refractivity contribution >= 4 is 11.9 Å². The Hall–Kier alpha value is -1.32. The van der Waals surface area contributed by atoms with Crippen molar-refractivity contribution in [3.05, 3.63) is 12.2 Å². The number of hydrogen-bond acceptors (Lipinski definition) is 2. The van der Waals surface area contributed by atoms with Crippen LogP contribution in [0, 0.1) is 29.1 Å². The normalized spacial score (nSPS) is 43.5. The van der Waals surface area contributed by atoms with E-state index in [0.717, 1.165) is 12.8 Å². The molecule has 1 spiro atoms. The van der Waals surface area contributed by atoms with Gasteiger partial charge in [0.15, 0.2) is 0 Å². The van der Waals surface area contributed by atoms with E-state index in [2.05, 4.69) is 0 Å². The van der Waals surface area contributed by atoms with Gasteiger partial charge in [-0.05, 0) is 30.1 Å². The number of carboxylic acids is 2. The third-order valence-corrected chi connectivity index (χ3v) is 4.41. The number of aliphatic carboxylic acids is 2. The largest absolute Gasteiger partial charge is 0.481 e. The molecule has 2 saturated carbocycles. The summed E-state index contributed by atoms with van der Waals surface area (Å²) in [5.74, 6) is -3.40. The Morgan fingerprint density at radius 1 is 1.00 bits per heavy atom. The van der Waals surface area contributed by atoms with Crippen LogP contribution in [-0.2, 0) is 9.59 Å². The molecular formula is C11H12O4. The van der Waals surface area contributed by atoms with E-state index in [0.29, 0.717) is 0 Å². The molecule has 0 aromatic carbocycles. The van der Waals surface area contributed by atoms with Crippen LogP contribution in [0.1, 0.15) is 12.8 Å². The van der Waals surface area contributed by atoms with Crippen LogP contribution in [0.3, 0.4) is 0 Å². The van der Waals surface area contributed by atoms with Gasteiger partial charge in [-0.3, -0.25) is 9.59 Å². The summed E-state index contributed by atoms with van der Waals surface area (Å²) in [6.07, 6.45) is 5.83. The minimum atomic E-state index is -0.953. The van der Waals surface area contributed by atoms with E-state index in [1.54, 1.807) is 0 Å². The Bertz CT molecular complexity index is 348. The lowest BCUT2D eigenvalue weighted by atomic mass is 9.83. The fourth-order valence-electron chi connectivity index (χ4n) is 3.67. The maximum Gasteiger partial charge on any atom is 0.308 e. The highest BCUT2D eigenvalue weighted by Gasteiger charge is 2.70. The lowest BCUT2D eigenvalue weighted by molar-refractivity contribution is -0.154. The fourth-order valence-corrected chi connectivity index (χ4v) is 3.67. The monoisotopic (exact) mass is 208 g/mol. The molecular weight excluding hydrogens is 196 g/mol. The van der Waals surface area contributed by atoms with E-state index in [1.807, 2.05) is 12.2 Å². The van der Waals surface area contributed by atoms with Crippen molar-refractivity contribution in [3.63, 3.8) is 0 Å². The Kier molecular flexibility index (Phi) is 1.45. The predicted molar refractivity (Wildman–Crippen MR) is 50.0 cm³/mol. The minimum Gasteiger partial charge on any atom is -0.481 e. The average molecular weight is 208 g/mol. The maximum atomic E-state index is 11.1. The highest BCUT2D eigenvalue weighted by Crippen LogP contribution is 2.71. The minimum absolute atomic E-state index is 0.00606. The quantitative estimate of drug-likeness (QED) is 0.663. The van der Waals surface area contributed by atoms with Gasteiger partial charge in [-0.15, -0.1) is 0 Å². The molecule has 3 aliphatic carbocycles. The third kappa shape index (κ3) is 0.874. The molecule has 0 saturated heterocycles. The van der Waals surface area contributed by atoms with Crippen LogP contribution < -0.4 is 0 Å². The second-order valence-corrected chi connectivity index (χ2v) is 4.90. The zero-order valence-corrected chi connectivity index (χ0v) is 8.09. The molecule has 3 aliphatic rings. The van der Waals surface area contributed by atoms with Crippen molar-refractivity contribution in [1.29, 1.82) is 0 Å². The molecule has 0 radical (unpaired) electrons. The van der Waals surface area contributed by atoms with Crippen molar-refractivity contribution < 1.29 is 19.8 Å². The van der Waals surface area contributed by atoms with Gasteiger partial charge in [0, 0.05) is 0 Å². The molecule has 2 N–H and O–H groups in total. The molecule has 15 heavy (non-hydrogen) atoms. The smallest absolute Gasteiger partial charge is 0.308 e. The highest BCUT2D eigenvalue weighted by atomic mass is 16.4. The summed E-state index contributed by atoms with van der Waals surface area (Å²) in [5.41, 5.74) is 0.00606. The molecule has 0 aliphatic heterocycles. The van der Waals surface area contributed by atoms with Crippen LogP contribution >= 0.6 is 0 Å². The van der Waals surface area contributed by atoms with Gasteiger partial charge in [-0.2, -0.15) is 0 Å². The van der Waals surface area contributed by atoms with E-state index in [-0.39, 0.29) is 17.3 Å². The van der Waals surface area contributed by atoms with Crippen LogP contribution in [-0.4, -0.2) is 22.2 Å². The lowest BCUT2D eigenvalue weighted by Crippen LogP contribution is -2.32. The standard InChI is InChI=1S/C11H12O4/c12-9(13)7-5-1-2-6(8(7)10(14)15)11(5)3-4-11/h1-2,5-8H,3-4H2,(H,12,13)(H,14,15)/t5-,6-,7-,8+/m1/s1. The van der Waals surface area contributed by atoms with Crippen molar-refractivity contribution in [2.75, 3.05) is 0 Å². The fraction of sp³-hybridized carbons (Fsp3) is 0.636. The van der Waals surface area contributed by atoms with Gasteiger partial charge in [0.05, 0.1) is 11.8 Å². The first-order valence-electron chi connectivity index (χ1n) is 5.22. The lowest BCUT2D eigenvalue weighted by Gasteiger charge is -2.20. The maximum absolute atomic E-state index is 11.1. The zero-order valence-electron chi connectivity index (χ0n) is 8.09. The summed E-state index contributed by atoms with van der Waals surface area (Å²) in [7, 11) is 0. The van der Waals surface area contributed by atoms with Crippen molar-refractivity contribution in [2.45, 2.75) is 12.8 Å². The van der Waals surface area contributed by atoms with Gasteiger partial charge < -0.3 is 10.2 Å². The number of carboxylic acid groups (broad SMARTS) is 2. The van der Waals surface area contributed by atoms with Crippen LogP contribution in [0.2, 0.25) is 0 Å². The van der Waals surface area contributed by atoms with E-state index in [4.69, 9.17) is 10.2 Å². The molecule has 2 bridgehead atoms. The molecule has 3 rings (SSSR count). The first-order valence-corrected chi connectivity index (χ1v) is 5.22. The second kappa shape index (κ2) is 2.43. The number of rotatable bonds is 2. The van der Waals surface area contributed by atoms with E-state index in [1.165, 1.54) is 0 Å². The van der Waals surface area contributed by atoms with E-state index >= 15 is 0 Å². The summed E-state index contributed by atoms with van der Waals surface area (Å²) in [6.45, 7) is 0. The first kappa shape index (κ1) is 8.95. The third-order valence-electron chi connectivity index (χ3n) is 4.41. The molecule has 0 amide bonds. The van der Waals surface area contributed by atoms with Crippen LogP contribution in [0.15, 0.2) is 12.2 Å². The second-order valence-electron chi connectivity index (χ2n) is 4.90. The predicted octanol–water partition coefficient (Wildman–Crippen LogP) is 0.984. The Labute approximate surface area is 86.6 Å². The molecule has 0 heterocycles. The van der Waals surface area contributed by atoms with Crippen molar-refractivity contribution in [2.24, 2.45) is 29.1 Å². The Morgan fingerprint density at radius 3 is 1.67 bits per heavy atom. The SMILES string of the molecule is O=C(O)[C@@H]1[C@H](C(=O)O)[C@H]2C=C[C@H]1C21CC1. The first-order chi connectivity index (χ1) is 7.08. The molecule has 4 atom stereocenters. The molecule has 0 aromatic rings. The molecule has 4 heteroatoms. The Morgan fingerprint density at radius 2 is 1.40 bits per heavy atom. The van der Waals surface area contributed by atoms with Gasteiger partial charge in [0.1, 0.15) is 0 Å². The summed E-state index contributed by atoms with van der Waals surface area (Å²) in [6, 6.07) is 0. The number of carbonyl (C=O) groups is 2. The van der Waals surface area contributed by atoms with E-state index < -0.39 is 23.8 Å². The molecule has 80 valence electrons. The Balaban J connectivity index is 2.05. The van der Waals surface area contributed by atoms with Crippen molar-refractivity contribution in [1.82, 2.24) is 0 Å². The topological polar surface area (TPSA) is 74.6 Å².